The van der Waals surface area contributed by atoms with Crippen LogP contribution in [0.3, 0.4) is 0 Å². The molecular formula is C17H18N2S. The Morgan fingerprint density at radius 2 is 1.80 bits per heavy atom. The number of hydrogen-bond donors (Lipinski definition) is 2. The van der Waals surface area contributed by atoms with Crippen LogP contribution in [0.25, 0.3) is 12.2 Å². The highest BCUT2D eigenvalue weighted by Gasteiger charge is 2.04. The zero-order valence-corrected chi connectivity index (χ0v) is 12.3. The van der Waals surface area contributed by atoms with E-state index in [-0.39, 0.29) is 0 Å². The zero-order chi connectivity index (χ0) is 14.4. The van der Waals surface area contributed by atoms with E-state index in [0.29, 0.717) is 5.82 Å². The fourth-order valence-electron chi connectivity index (χ4n) is 1.95. The molecule has 1 aliphatic carbocycles. The number of anilines is 1. The summed E-state index contributed by atoms with van der Waals surface area (Å²) in [5.74, 6) is 0.594. The summed E-state index contributed by atoms with van der Waals surface area (Å²) < 4.78 is 0. The minimum atomic E-state index is 0.594. The lowest BCUT2D eigenvalue weighted by atomic mass is 10.1. The molecule has 0 radical (unpaired) electrons. The normalized spacial score (nSPS) is 12.1. The summed E-state index contributed by atoms with van der Waals surface area (Å²) in [6.07, 6.45) is 9.33. The first-order chi connectivity index (χ1) is 9.66. The van der Waals surface area contributed by atoms with Gasteiger partial charge in [0.2, 0.25) is 0 Å². The monoisotopic (exact) mass is 282 g/mol. The van der Waals surface area contributed by atoms with Crippen LogP contribution in [0.2, 0.25) is 0 Å². The molecule has 0 spiro atoms. The number of thiol groups is 1. The maximum atomic E-state index is 5.66. The largest absolute Gasteiger partial charge is 0.384 e. The van der Waals surface area contributed by atoms with Crippen LogP contribution in [-0.4, -0.2) is 4.98 Å². The second kappa shape index (κ2) is 6.96. The van der Waals surface area contributed by atoms with Crippen molar-refractivity contribution < 1.29 is 0 Å². The van der Waals surface area contributed by atoms with Crippen molar-refractivity contribution in [2.45, 2.75) is 18.2 Å². The second-order valence-corrected chi connectivity index (χ2v) is 5.06. The standard InChI is InChI=1S/C11H12N2.C6H6S/c1-8-7-11(12)13-10-6-4-2-3-5-9(8)10;7-6-4-2-1-3-5-6/h3-7H,2H2,1H3,(H2,12,13);1-5,7H. The van der Waals surface area contributed by atoms with Crippen LogP contribution < -0.4 is 5.73 Å². The average Bonchev–Trinajstić information content (AvgIpc) is 2.66. The van der Waals surface area contributed by atoms with E-state index in [1.54, 1.807) is 0 Å². The summed E-state index contributed by atoms with van der Waals surface area (Å²) in [6.45, 7) is 2.06. The molecule has 0 saturated carbocycles. The molecule has 20 heavy (non-hydrogen) atoms. The van der Waals surface area contributed by atoms with E-state index in [4.69, 9.17) is 5.73 Å². The molecule has 2 N–H and O–H groups in total. The van der Waals surface area contributed by atoms with Gasteiger partial charge in [-0.05, 0) is 43.2 Å². The highest BCUT2D eigenvalue weighted by Crippen LogP contribution is 2.20. The Balaban J connectivity index is 0.000000178. The summed E-state index contributed by atoms with van der Waals surface area (Å²) in [5, 5.41) is 0. The van der Waals surface area contributed by atoms with Gasteiger partial charge in [-0.1, -0.05) is 36.4 Å². The van der Waals surface area contributed by atoms with Gasteiger partial charge in [0.1, 0.15) is 5.82 Å². The van der Waals surface area contributed by atoms with Crippen molar-refractivity contribution >= 4 is 30.6 Å². The maximum Gasteiger partial charge on any atom is 0.124 e. The van der Waals surface area contributed by atoms with E-state index in [2.05, 4.69) is 42.8 Å². The lowest BCUT2D eigenvalue weighted by molar-refractivity contribution is 1.25. The molecule has 0 aliphatic heterocycles. The van der Waals surface area contributed by atoms with Crippen LogP contribution in [0.15, 0.2) is 53.4 Å². The van der Waals surface area contributed by atoms with Gasteiger partial charge >= 0.3 is 0 Å². The number of aromatic nitrogens is 1. The number of fused-ring (bicyclic) bond motifs is 1. The molecule has 0 bridgehead atoms. The van der Waals surface area contributed by atoms with Crippen molar-refractivity contribution in [2.24, 2.45) is 0 Å². The van der Waals surface area contributed by atoms with Crippen molar-refractivity contribution in [3.63, 3.8) is 0 Å². The van der Waals surface area contributed by atoms with E-state index in [9.17, 15) is 0 Å². The molecule has 0 atom stereocenters. The average molecular weight is 282 g/mol. The van der Waals surface area contributed by atoms with Crippen molar-refractivity contribution in [1.82, 2.24) is 4.98 Å². The van der Waals surface area contributed by atoms with Gasteiger partial charge in [0.05, 0.1) is 5.69 Å². The van der Waals surface area contributed by atoms with E-state index in [1.165, 1.54) is 11.1 Å². The third kappa shape index (κ3) is 4.00. The van der Waals surface area contributed by atoms with Gasteiger partial charge in [0.15, 0.2) is 0 Å². The molecule has 1 aromatic heterocycles. The molecule has 0 unspecified atom stereocenters. The fraction of sp³-hybridized carbons (Fsp3) is 0.118. The molecule has 0 amide bonds. The third-order valence-electron chi connectivity index (χ3n) is 2.90. The number of nitrogen functional groups attached to an aromatic ring is 1. The van der Waals surface area contributed by atoms with Gasteiger partial charge in [-0.25, -0.2) is 4.98 Å². The lowest BCUT2D eigenvalue weighted by Crippen LogP contribution is -1.96. The number of nitrogens with two attached hydrogens (primary N) is 1. The number of rotatable bonds is 0. The van der Waals surface area contributed by atoms with Crippen molar-refractivity contribution in [1.29, 1.82) is 0 Å². The van der Waals surface area contributed by atoms with E-state index >= 15 is 0 Å². The minimum Gasteiger partial charge on any atom is -0.384 e. The molecule has 2 aromatic rings. The predicted octanol–water partition coefficient (Wildman–Crippen LogP) is 4.38. The van der Waals surface area contributed by atoms with Crippen molar-refractivity contribution in [3.8, 4) is 0 Å². The van der Waals surface area contributed by atoms with Crippen LogP contribution in [0, 0.1) is 6.92 Å². The Morgan fingerprint density at radius 3 is 2.45 bits per heavy atom. The Bertz CT molecular complexity index is 631. The zero-order valence-electron chi connectivity index (χ0n) is 11.5. The molecule has 1 heterocycles. The van der Waals surface area contributed by atoms with Gasteiger partial charge in [0.25, 0.3) is 0 Å². The molecule has 0 fully saturated rings. The maximum absolute atomic E-state index is 5.66. The molecular weight excluding hydrogens is 264 g/mol. The van der Waals surface area contributed by atoms with Crippen LogP contribution in [0.1, 0.15) is 23.2 Å². The van der Waals surface area contributed by atoms with Crippen molar-refractivity contribution in [3.05, 3.63) is 65.4 Å². The number of benzene rings is 1. The van der Waals surface area contributed by atoms with Crippen LogP contribution in [0.4, 0.5) is 5.82 Å². The number of hydrogen-bond acceptors (Lipinski definition) is 3. The SMILES string of the molecule is Cc1cc(N)nc2c1C=CCC=C2.Sc1ccccc1. The summed E-state index contributed by atoms with van der Waals surface area (Å²) >= 11 is 4.08. The Hall–Kier alpha value is -2.00. The van der Waals surface area contributed by atoms with E-state index in [0.717, 1.165) is 17.0 Å². The third-order valence-corrected chi connectivity index (χ3v) is 3.20. The molecule has 102 valence electrons. The fourth-order valence-corrected chi connectivity index (χ4v) is 2.12. The highest BCUT2D eigenvalue weighted by atomic mass is 32.1. The van der Waals surface area contributed by atoms with Crippen LogP contribution in [0.5, 0.6) is 0 Å². The Labute approximate surface area is 125 Å². The van der Waals surface area contributed by atoms with Crippen molar-refractivity contribution in [2.75, 3.05) is 5.73 Å². The van der Waals surface area contributed by atoms with Gasteiger partial charge < -0.3 is 5.73 Å². The second-order valence-electron chi connectivity index (χ2n) is 4.54. The molecule has 2 nitrogen and oxygen atoms in total. The number of aryl methyl sites for hydroxylation is 1. The summed E-state index contributed by atoms with van der Waals surface area (Å²) in [6, 6.07) is 11.7. The molecule has 1 aromatic carbocycles. The highest BCUT2D eigenvalue weighted by molar-refractivity contribution is 7.80. The van der Waals surface area contributed by atoms with Crippen LogP contribution in [-0.2, 0) is 0 Å². The first kappa shape index (κ1) is 14.4. The molecule has 1 aliphatic rings. The first-order valence-electron chi connectivity index (χ1n) is 6.51. The topological polar surface area (TPSA) is 38.9 Å². The Kier molecular flexibility index (Phi) is 5.02. The minimum absolute atomic E-state index is 0.594. The van der Waals surface area contributed by atoms with Crippen LogP contribution >= 0.6 is 12.6 Å². The summed E-state index contributed by atoms with van der Waals surface area (Å²) in [5.41, 5.74) is 9.01. The van der Waals surface area contributed by atoms with E-state index < -0.39 is 0 Å². The number of allylic oxidation sites excluding steroid dienone is 2. The lowest BCUT2D eigenvalue weighted by Gasteiger charge is -2.05. The molecule has 3 heteroatoms. The van der Waals surface area contributed by atoms with Gasteiger partial charge in [-0.15, -0.1) is 12.6 Å². The van der Waals surface area contributed by atoms with E-state index in [1.807, 2.05) is 42.5 Å². The summed E-state index contributed by atoms with van der Waals surface area (Å²) in [4.78, 5) is 5.29. The molecule has 3 rings (SSSR count). The summed E-state index contributed by atoms with van der Waals surface area (Å²) in [7, 11) is 0. The quantitative estimate of drug-likeness (QED) is 0.704. The Morgan fingerprint density at radius 1 is 1.10 bits per heavy atom. The predicted molar refractivity (Wildman–Crippen MR) is 89.8 cm³/mol. The first-order valence-corrected chi connectivity index (χ1v) is 6.96. The molecule has 0 saturated heterocycles. The van der Waals surface area contributed by atoms with Gasteiger partial charge in [0, 0.05) is 10.5 Å². The number of nitrogens with zero attached hydrogens (tertiary/aromatic N) is 1. The van der Waals surface area contributed by atoms with Gasteiger partial charge in [-0.3, -0.25) is 0 Å². The van der Waals surface area contributed by atoms with Gasteiger partial charge in [-0.2, -0.15) is 0 Å². The smallest absolute Gasteiger partial charge is 0.124 e. The number of pyridine rings is 1.